The van der Waals surface area contributed by atoms with E-state index in [1.165, 1.54) is 22.3 Å². The van der Waals surface area contributed by atoms with Crippen molar-refractivity contribution in [2.45, 2.75) is 54.4 Å². The minimum Gasteiger partial charge on any atom is -0.0882 e. The second-order valence-electron chi connectivity index (χ2n) is 6.72. The standard InChI is InChI=1S/C19H26Cl2/c1-7-13-15(9-11(3)17(13)20)19(5,6)16-10-12(4)18(21)14(16)8-2/h9-12H,7-8H2,1-6H3. The number of rotatable bonds is 4. The summed E-state index contributed by atoms with van der Waals surface area (Å²) in [5.41, 5.74) is 5.38. The van der Waals surface area contributed by atoms with E-state index in [0.29, 0.717) is 11.8 Å². The number of allylic oxidation sites excluding steroid dienone is 8. The maximum Gasteiger partial charge on any atom is 0.0281 e. The second kappa shape index (κ2) is 5.97. The first-order valence-corrected chi connectivity index (χ1v) is 8.73. The molecule has 2 unspecified atom stereocenters. The molecule has 2 aliphatic rings. The lowest BCUT2D eigenvalue weighted by atomic mass is 9.72. The molecule has 0 nitrogen and oxygen atoms in total. The van der Waals surface area contributed by atoms with Crippen LogP contribution in [-0.4, -0.2) is 0 Å². The monoisotopic (exact) mass is 324 g/mol. The van der Waals surface area contributed by atoms with Crippen LogP contribution in [-0.2, 0) is 0 Å². The molecule has 0 aliphatic heterocycles. The van der Waals surface area contributed by atoms with E-state index in [0.717, 1.165) is 22.9 Å². The summed E-state index contributed by atoms with van der Waals surface area (Å²) in [5.74, 6) is 0.666. The van der Waals surface area contributed by atoms with Crippen molar-refractivity contribution in [3.63, 3.8) is 0 Å². The summed E-state index contributed by atoms with van der Waals surface area (Å²) >= 11 is 13.1. The Labute approximate surface area is 139 Å². The summed E-state index contributed by atoms with van der Waals surface area (Å²) in [6.45, 7) is 13.3. The Kier molecular flexibility index (Phi) is 4.81. The van der Waals surface area contributed by atoms with Crippen LogP contribution in [0.2, 0.25) is 0 Å². The van der Waals surface area contributed by atoms with E-state index in [2.05, 4.69) is 53.7 Å². The van der Waals surface area contributed by atoms with Gasteiger partial charge in [-0.05, 0) is 35.1 Å². The Morgan fingerprint density at radius 3 is 1.48 bits per heavy atom. The summed E-state index contributed by atoms with van der Waals surface area (Å²) in [4.78, 5) is 0. The van der Waals surface area contributed by atoms with Gasteiger partial charge < -0.3 is 0 Å². The molecule has 0 aromatic carbocycles. The predicted octanol–water partition coefficient (Wildman–Crippen LogP) is 6.97. The molecule has 0 N–H and O–H groups in total. The van der Waals surface area contributed by atoms with Crippen LogP contribution >= 0.6 is 23.2 Å². The van der Waals surface area contributed by atoms with Crippen LogP contribution in [0, 0.1) is 17.3 Å². The van der Waals surface area contributed by atoms with Gasteiger partial charge in [0.15, 0.2) is 0 Å². The summed E-state index contributed by atoms with van der Waals surface area (Å²) in [6, 6.07) is 0. The number of hydrogen-bond donors (Lipinski definition) is 0. The first kappa shape index (κ1) is 16.9. The topological polar surface area (TPSA) is 0 Å². The van der Waals surface area contributed by atoms with Gasteiger partial charge in [0, 0.05) is 27.3 Å². The van der Waals surface area contributed by atoms with Crippen molar-refractivity contribution >= 4 is 23.2 Å². The van der Waals surface area contributed by atoms with Gasteiger partial charge in [-0.25, -0.2) is 0 Å². The number of hydrogen-bond acceptors (Lipinski definition) is 0. The highest BCUT2D eigenvalue weighted by Crippen LogP contribution is 2.52. The van der Waals surface area contributed by atoms with E-state index >= 15 is 0 Å². The van der Waals surface area contributed by atoms with Crippen molar-refractivity contribution in [3.8, 4) is 0 Å². The van der Waals surface area contributed by atoms with Crippen LogP contribution in [0.4, 0.5) is 0 Å². The van der Waals surface area contributed by atoms with Crippen LogP contribution in [0.1, 0.15) is 54.4 Å². The highest BCUT2D eigenvalue weighted by atomic mass is 35.5. The predicted molar refractivity (Wildman–Crippen MR) is 94.6 cm³/mol. The van der Waals surface area contributed by atoms with Crippen LogP contribution < -0.4 is 0 Å². The van der Waals surface area contributed by atoms with E-state index in [4.69, 9.17) is 23.2 Å². The van der Waals surface area contributed by atoms with Gasteiger partial charge in [0.2, 0.25) is 0 Å². The minimum absolute atomic E-state index is 0.0352. The molecule has 0 amide bonds. The van der Waals surface area contributed by atoms with E-state index in [1.807, 2.05) is 0 Å². The van der Waals surface area contributed by atoms with Gasteiger partial charge in [-0.1, -0.05) is 76.9 Å². The molecular formula is C19H26Cl2. The molecule has 0 saturated heterocycles. The smallest absolute Gasteiger partial charge is 0.0281 e. The van der Waals surface area contributed by atoms with Gasteiger partial charge in [-0.2, -0.15) is 0 Å². The molecule has 2 heteroatoms. The van der Waals surface area contributed by atoms with E-state index in [1.54, 1.807) is 0 Å². The number of halogens is 2. The van der Waals surface area contributed by atoms with Crippen molar-refractivity contribution in [3.05, 3.63) is 44.5 Å². The Morgan fingerprint density at radius 2 is 1.19 bits per heavy atom. The summed E-state index contributed by atoms with van der Waals surface area (Å²) in [7, 11) is 0. The summed E-state index contributed by atoms with van der Waals surface area (Å²) in [5, 5.41) is 2.03. The van der Waals surface area contributed by atoms with Crippen molar-refractivity contribution in [2.75, 3.05) is 0 Å². The van der Waals surface area contributed by atoms with Gasteiger partial charge in [-0.3, -0.25) is 0 Å². The van der Waals surface area contributed by atoms with Crippen LogP contribution in [0.15, 0.2) is 44.5 Å². The zero-order valence-electron chi connectivity index (χ0n) is 14.0. The lowest BCUT2D eigenvalue weighted by molar-refractivity contribution is 0.545. The van der Waals surface area contributed by atoms with Crippen molar-refractivity contribution in [1.29, 1.82) is 0 Å². The third kappa shape index (κ3) is 2.66. The molecule has 0 saturated carbocycles. The summed E-state index contributed by atoms with van der Waals surface area (Å²) in [6.07, 6.45) is 6.65. The first-order chi connectivity index (χ1) is 9.75. The lowest BCUT2D eigenvalue weighted by Crippen LogP contribution is -2.19. The fourth-order valence-corrected chi connectivity index (χ4v) is 4.29. The Balaban J connectivity index is 2.50. The SMILES string of the molecule is CCC1=C(Cl)C(C)C=C1C(C)(C)C1=CC(C)C(Cl)=C1CC. The Bertz CT molecular complexity index is 520. The van der Waals surface area contributed by atoms with Crippen molar-refractivity contribution in [2.24, 2.45) is 17.3 Å². The van der Waals surface area contributed by atoms with Gasteiger partial charge in [-0.15, -0.1) is 0 Å². The highest BCUT2D eigenvalue weighted by molar-refractivity contribution is 6.31. The molecule has 0 bridgehead atoms. The highest BCUT2D eigenvalue weighted by Gasteiger charge is 2.38. The first-order valence-electron chi connectivity index (χ1n) is 7.98. The average Bonchev–Trinajstić information content (AvgIpc) is 2.89. The van der Waals surface area contributed by atoms with Gasteiger partial charge in [0.1, 0.15) is 0 Å². The molecule has 21 heavy (non-hydrogen) atoms. The van der Waals surface area contributed by atoms with Gasteiger partial charge in [0.25, 0.3) is 0 Å². The molecule has 2 atom stereocenters. The average molecular weight is 325 g/mol. The molecule has 2 aliphatic carbocycles. The molecule has 2 rings (SSSR count). The largest absolute Gasteiger partial charge is 0.0882 e. The van der Waals surface area contributed by atoms with E-state index < -0.39 is 0 Å². The van der Waals surface area contributed by atoms with Crippen LogP contribution in [0.3, 0.4) is 0 Å². The van der Waals surface area contributed by atoms with Crippen molar-refractivity contribution in [1.82, 2.24) is 0 Å². The normalized spacial score (nSPS) is 26.7. The van der Waals surface area contributed by atoms with E-state index in [9.17, 15) is 0 Å². The maximum absolute atomic E-state index is 6.53. The molecule has 0 spiro atoms. The molecule has 0 fully saturated rings. The molecule has 0 aromatic rings. The molecular weight excluding hydrogens is 299 g/mol. The molecule has 0 aromatic heterocycles. The zero-order chi connectivity index (χ0) is 15.9. The van der Waals surface area contributed by atoms with Gasteiger partial charge >= 0.3 is 0 Å². The Hall–Kier alpha value is -0.460. The second-order valence-corrected chi connectivity index (χ2v) is 7.54. The third-order valence-corrected chi connectivity index (χ3v) is 6.06. The van der Waals surface area contributed by atoms with Crippen molar-refractivity contribution < 1.29 is 0 Å². The fourth-order valence-electron chi connectivity index (χ4n) is 3.69. The lowest BCUT2D eigenvalue weighted by Gasteiger charge is -2.32. The third-order valence-electron chi connectivity index (χ3n) is 4.91. The molecule has 116 valence electrons. The van der Waals surface area contributed by atoms with Gasteiger partial charge in [0.05, 0.1) is 0 Å². The quantitative estimate of drug-likeness (QED) is 0.523. The fraction of sp³-hybridized carbons (Fsp3) is 0.579. The van der Waals surface area contributed by atoms with E-state index in [-0.39, 0.29) is 5.41 Å². The Morgan fingerprint density at radius 1 is 0.857 bits per heavy atom. The minimum atomic E-state index is -0.0352. The summed E-state index contributed by atoms with van der Waals surface area (Å²) < 4.78 is 0. The molecule has 0 radical (unpaired) electrons. The molecule has 0 heterocycles. The maximum atomic E-state index is 6.53. The van der Waals surface area contributed by atoms with Crippen LogP contribution in [0.5, 0.6) is 0 Å². The zero-order valence-corrected chi connectivity index (χ0v) is 15.5. The van der Waals surface area contributed by atoms with Crippen LogP contribution in [0.25, 0.3) is 0 Å².